The highest BCUT2D eigenvalue weighted by Gasteiger charge is 2.26. The Morgan fingerprint density at radius 2 is 2.33 bits per heavy atom. The normalized spacial score (nSPS) is 10.8. The maximum atomic E-state index is 12.7. The van der Waals surface area contributed by atoms with Crippen LogP contribution in [0.1, 0.15) is 5.56 Å². The molecule has 4 nitrogen and oxygen atoms in total. The Morgan fingerprint density at radius 3 is 2.93 bits per heavy atom. The second kappa shape index (κ2) is 4.66. The molecule has 0 spiro atoms. The van der Waals surface area contributed by atoms with Gasteiger partial charge in [-0.05, 0) is 12.1 Å². The van der Waals surface area contributed by atoms with Gasteiger partial charge in [-0.3, -0.25) is 0 Å². The van der Waals surface area contributed by atoms with E-state index in [4.69, 9.17) is 11.0 Å². The molecule has 1 heterocycles. The van der Waals surface area contributed by atoms with Crippen molar-refractivity contribution in [1.82, 2.24) is 4.98 Å². The predicted molar refractivity (Wildman–Crippen MR) is 51.4 cm³/mol. The first-order valence-corrected chi connectivity index (χ1v) is 4.25. The second-order valence-corrected chi connectivity index (χ2v) is 2.96. The third-order valence-corrected chi connectivity index (χ3v) is 1.72. The molecule has 0 aliphatic rings. The number of nitrogens with zero attached hydrogens (tertiary/aromatic N) is 2. The maximum Gasteiger partial charge on any atom is 0.276 e. The number of hydrogen-bond donors (Lipinski definition) is 2. The first kappa shape index (κ1) is 11.3. The fourth-order valence-electron chi connectivity index (χ4n) is 0.889. The summed E-state index contributed by atoms with van der Waals surface area (Å²) < 4.78 is 25.5. The van der Waals surface area contributed by atoms with Crippen molar-refractivity contribution in [1.29, 1.82) is 5.26 Å². The molecule has 1 aromatic rings. The molecular weight excluding hydrogens is 202 g/mol. The Hall–Kier alpha value is -1.74. The van der Waals surface area contributed by atoms with E-state index in [-0.39, 0.29) is 5.82 Å². The summed E-state index contributed by atoms with van der Waals surface area (Å²) in [6, 6.07) is 4.77. The van der Waals surface area contributed by atoms with Crippen molar-refractivity contribution in [2.45, 2.75) is 5.92 Å². The molecule has 80 valence electrons. The summed E-state index contributed by atoms with van der Waals surface area (Å²) in [5.41, 5.74) is 5.23. The summed E-state index contributed by atoms with van der Waals surface area (Å²) in [4.78, 5) is 3.79. The lowest BCUT2D eigenvalue weighted by Crippen LogP contribution is -2.35. The highest BCUT2D eigenvalue weighted by Crippen LogP contribution is 2.13. The molecule has 0 atom stereocenters. The summed E-state index contributed by atoms with van der Waals surface area (Å²) in [6.45, 7) is -1.32. The van der Waals surface area contributed by atoms with Crippen LogP contribution >= 0.6 is 0 Å². The third-order valence-electron chi connectivity index (χ3n) is 1.72. The van der Waals surface area contributed by atoms with Crippen LogP contribution < -0.4 is 11.1 Å². The van der Waals surface area contributed by atoms with Crippen molar-refractivity contribution in [2.24, 2.45) is 5.73 Å². The van der Waals surface area contributed by atoms with Gasteiger partial charge in [-0.1, -0.05) is 0 Å². The number of hydrogen-bond acceptors (Lipinski definition) is 4. The van der Waals surface area contributed by atoms with Gasteiger partial charge in [-0.2, -0.15) is 5.26 Å². The Morgan fingerprint density at radius 1 is 1.60 bits per heavy atom. The van der Waals surface area contributed by atoms with Crippen molar-refractivity contribution in [2.75, 3.05) is 18.4 Å². The minimum atomic E-state index is -2.97. The smallest absolute Gasteiger partial charge is 0.276 e. The van der Waals surface area contributed by atoms with Crippen molar-refractivity contribution in [3.63, 3.8) is 0 Å². The van der Waals surface area contributed by atoms with Crippen LogP contribution in [0.2, 0.25) is 0 Å². The maximum absolute atomic E-state index is 12.7. The Bertz CT molecular complexity index is 373. The SMILES string of the molecule is N#Cc1ccnc(NCC(F)(F)CN)c1. The number of anilines is 1. The van der Waals surface area contributed by atoms with Gasteiger partial charge in [0.2, 0.25) is 0 Å². The number of nitriles is 1. The minimum Gasteiger partial charge on any atom is -0.364 e. The fourth-order valence-corrected chi connectivity index (χ4v) is 0.889. The van der Waals surface area contributed by atoms with E-state index >= 15 is 0 Å². The van der Waals surface area contributed by atoms with Gasteiger partial charge < -0.3 is 11.1 Å². The quantitative estimate of drug-likeness (QED) is 0.779. The zero-order valence-corrected chi connectivity index (χ0v) is 7.87. The van der Waals surface area contributed by atoms with Crippen LogP contribution in [0.15, 0.2) is 18.3 Å². The Labute approximate surface area is 85.7 Å². The Kier molecular flexibility index (Phi) is 3.52. The molecule has 0 saturated heterocycles. The summed E-state index contributed by atoms with van der Waals surface area (Å²) in [6.07, 6.45) is 1.38. The highest BCUT2D eigenvalue weighted by atomic mass is 19.3. The van der Waals surface area contributed by atoms with Gasteiger partial charge in [0.1, 0.15) is 5.82 Å². The molecule has 0 bridgehead atoms. The first-order chi connectivity index (χ1) is 7.07. The van der Waals surface area contributed by atoms with Crippen LogP contribution in [0.25, 0.3) is 0 Å². The van der Waals surface area contributed by atoms with E-state index in [9.17, 15) is 8.78 Å². The largest absolute Gasteiger partial charge is 0.364 e. The molecular formula is C9H10F2N4. The average Bonchev–Trinajstić information content (AvgIpc) is 2.27. The lowest BCUT2D eigenvalue weighted by molar-refractivity contribution is 0.0253. The van der Waals surface area contributed by atoms with Crippen LogP contribution in [-0.4, -0.2) is 24.0 Å². The molecule has 0 aromatic carbocycles. The van der Waals surface area contributed by atoms with Crippen LogP contribution in [0.3, 0.4) is 0 Å². The van der Waals surface area contributed by atoms with Crippen molar-refractivity contribution >= 4 is 5.82 Å². The van der Waals surface area contributed by atoms with Gasteiger partial charge in [0.05, 0.1) is 24.7 Å². The average molecular weight is 212 g/mol. The minimum absolute atomic E-state index is 0.238. The topological polar surface area (TPSA) is 74.7 Å². The molecule has 1 aromatic heterocycles. The molecule has 0 aliphatic carbocycles. The van der Waals surface area contributed by atoms with Crippen molar-refractivity contribution in [3.05, 3.63) is 23.9 Å². The van der Waals surface area contributed by atoms with E-state index in [1.165, 1.54) is 18.3 Å². The lowest BCUT2D eigenvalue weighted by Gasteiger charge is -2.14. The molecule has 15 heavy (non-hydrogen) atoms. The molecule has 0 fully saturated rings. The number of rotatable bonds is 4. The molecule has 3 N–H and O–H groups in total. The molecule has 0 unspecified atom stereocenters. The number of aromatic nitrogens is 1. The van der Waals surface area contributed by atoms with Crippen LogP contribution in [0.4, 0.5) is 14.6 Å². The summed E-state index contributed by atoms with van der Waals surface area (Å²) >= 11 is 0. The van der Waals surface area contributed by atoms with Crippen LogP contribution in [0, 0.1) is 11.3 Å². The standard InChI is InChI=1S/C9H10F2N4/c10-9(11,5-13)6-15-8-3-7(4-12)1-2-14-8/h1-3H,5-6,13H2,(H,14,15). The fraction of sp³-hybridized carbons (Fsp3) is 0.333. The van der Waals surface area contributed by atoms with E-state index in [1.807, 2.05) is 6.07 Å². The molecule has 0 aliphatic heterocycles. The lowest BCUT2D eigenvalue weighted by atomic mass is 10.3. The number of alkyl halides is 2. The number of pyridine rings is 1. The zero-order valence-electron chi connectivity index (χ0n) is 7.87. The monoisotopic (exact) mass is 212 g/mol. The van der Waals surface area contributed by atoms with Gasteiger partial charge in [-0.15, -0.1) is 0 Å². The highest BCUT2D eigenvalue weighted by molar-refractivity contribution is 5.42. The van der Waals surface area contributed by atoms with Gasteiger partial charge in [0.25, 0.3) is 5.92 Å². The second-order valence-electron chi connectivity index (χ2n) is 2.96. The van der Waals surface area contributed by atoms with Gasteiger partial charge in [-0.25, -0.2) is 13.8 Å². The van der Waals surface area contributed by atoms with Crippen LogP contribution in [-0.2, 0) is 0 Å². The molecule has 0 saturated carbocycles. The number of nitrogens with two attached hydrogens (primary N) is 1. The predicted octanol–water partition coefficient (Wildman–Crippen LogP) is 0.959. The van der Waals surface area contributed by atoms with E-state index in [0.29, 0.717) is 5.56 Å². The molecule has 1 rings (SSSR count). The van der Waals surface area contributed by atoms with Gasteiger partial charge in [0.15, 0.2) is 0 Å². The van der Waals surface area contributed by atoms with Crippen LogP contribution in [0.5, 0.6) is 0 Å². The molecule has 0 radical (unpaired) electrons. The Balaban J connectivity index is 2.62. The third kappa shape index (κ3) is 3.48. The summed E-state index contributed by atoms with van der Waals surface area (Å²) in [7, 11) is 0. The summed E-state index contributed by atoms with van der Waals surface area (Å²) in [5.74, 6) is -2.73. The van der Waals surface area contributed by atoms with Gasteiger partial charge in [0, 0.05) is 6.20 Å². The van der Waals surface area contributed by atoms with Crippen molar-refractivity contribution in [3.8, 4) is 6.07 Å². The van der Waals surface area contributed by atoms with E-state index in [1.54, 1.807) is 0 Å². The molecule has 0 amide bonds. The van der Waals surface area contributed by atoms with E-state index < -0.39 is 19.0 Å². The molecule has 6 heteroatoms. The first-order valence-electron chi connectivity index (χ1n) is 4.25. The van der Waals surface area contributed by atoms with E-state index in [2.05, 4.69) is 10.3 Å². The number of nitrogens with one attached hydrogen (secondary N) is 1. The number of halogens is 2. The van der Waals surface area contributed by atoms with Crippen molar-refractivity contribution < 1.29 is 8.78 Å². The zero-order chi connectivity index (χ0) is 11.3. The summed E-state index contributed by atoms with van der Waals surface area (Å²) in [5, 5.41) is 11.0. The van der Waals surface area contributed by atoms with E-state index in [0.717, 1.165) is 0 Å². The van der Waals surface area contributed by atoms with Gasteiger partial charge >= 0.3 is 0 Å².